The standard InChI is InChI=1S/C17H18N2O2S/c1-12-5-6-14(11-19-12)17-4-2-3-16(17)13-7-9-15(10-8-13)22(18,20)21/h5-11H,2-4H2,1H3,(H2,18,20,21). The number of sulfonamides is 1. The molecule has 0 saturated carbocycles. The van der Waals surface area contributed by atoms with E-state index in [1.54, 1.807) is 12.1 Å². The zero-order valence-corrected chi connectivity index (χ0v) is 13.2. The van der Waals surface area contributed by atoms with Gasteiger partial charge >= 0.3 is 0 Å². The highest BCUT2D eigenvalue weighted by Gasteiger charge is 2.18. The molecule has 1 heterocycles. The Morgan fingerprint density at radius 1 is 0.955 bits per heavy atom. The van der Waals surface area contributed by atoms with E-state index < -0.39 is 10.0 Å². The number of allylic oxidation sites excluding steroid dienone is 2. The second kappa shape index (κ2) is 5.66. The van der Waals surface area contributed by atoms with Gasteiger partial charge in [-0.15, -0.1) is 0 Å². The van der Waals surface area contributed by atoms with Crippen molar-refractivity contribution in [2.24, 2.45) is 5.14 Å². The minimum atomic E-state index is -3.64. The molecule has 0 spiro atoms. The van der Waals surface area contributed by atoms with E-state index in [1.165, 1.54) is 11.1 Å². The van der Waals surface area contributed by atoms with E-state index in [2.05, 4.69) is 11.1 Å². The number of benzene rings is 1. The van der Waals surface area contributed by atoms with Crippen LogP contribution < -0.4 is 5.14 Å². The van der Waals surface area contributed by atoms with Crippen molar-refractivity contribution >= 4 is 21.2 Å². The molecule has 114 valence electrons. The Hall–Kier alpha value is -1.98. The van der Waals surface area contributed by atoms with Crippen LogP contribution >= 0.6 is 0 Å². The van der Waals surface area contributed by atoms with Gasteiger partial charge in [-0.25, -0.2) is 13.6 Å². The van der Waals surface area contributed by atoms with Gasteiger partial charge in [-0.05, 0) is 66.7 Å². The monoisotopic (exact) mass is 314 g/mol. The number of hydrogen-bond donors (Lipinski definition) is 1. The molecule has 0 fully saturated rings. The summed E-state index contributed by atoms with van der Waals surface area (Å²) < 4.78 is 22.7. The van der Waals surface area contributed by atoms with Crippen LogP contribution in [0, 0.1) is 6.92 Å². The number of aromatic nitrogens is 1. The number of aryl methyl sites for hydroxylation is 1. The number of primary sulfonamides is 1. The van der Waals surface area contributed by atoms with Crippen molar-refractivity contribution in [3.05, 3.63) is 59.4 Å². The Balaban J connectivity index is 2.01. The van der Waals surface area contributed by atoms with Crippen molar-refractivity contribution < 1.29 is 8.42 Å². The molecule has 3 rings (SSSR count). The average molecular weight is 314 g/mol. The second-order valence-electron chi connectivity index (χ2n) is 5.57. The zero-order chi connectivity index (χ0) is 15.7. The molecule has 0 bridgehead atoms. The van der Waals surface area contributed by atoms with Gasteiger partial charge in [0.25, 0.3) is 0 Å². The van der Waals surface area contributed by atoms with Crippen LogP contribution in [0.2, 0.25) is 0 Å². The fourth-order valence-corrected chi connectivity index (χ4v) is 3.39. The van der Waals surface area contributed by atoms with E-state index >= 15 is 0 Å². The lowest BCUT2D eigenvalue weighted by Crippen LogP contribution is -2.11. The molecule has 0 unspecified atom stereocenters. The SMILES string of the molecule is Cc1ccc(C2=C(c3ccc(S(N)(=O)=O)cc3)CCC2)cn1. The summed E-state index contributed by atoms with van der Waals surface area (Å²) in [6.07, 6.45) is 5.04. The summed E-state index contributed by atoms with van der Waals surface area (Å²) in [7, 11) is -3.64. The van der Waals surface area contributed by atoms with Crippen molar-refractivity contribution in [1.29, 1.82) is 0 Å². The largest absolute Gasteiger partial charge is 0.261 e. The van der Waals surface area contributed by atoms with Crippen LogP contribution in [-0.2, 0) is 10.0 Å². The summed E-state index contributed by atoms with van der Waals surface area (Å²) in [5.41, 5.74) is 5.78. The minimum absolute atomic E-state index is 0.147. The lowest BCUT2D eigenvalue weighted by Gasteiger charge is -2.09. The van der Waals surface area contributed by atoms with Gasteiger partial charge < -0.3 is 0 Å². The van der Waals surface area contributed by atoms with E-state index in [0.29, 0.717) is 0 Å². The molecule has 0 amide bonds. The van der Waals surface area contributed by atoms with Crippen LogP contribution in [0.15, 0.2) is 47.5 Å². The Bertz CT molecular complexity index is 820. The highest BCUT2D eigenvalue weighted by atomic mass is 32.2. The summed E-state index contributed by atoms with van der Waals surface area (Å²) in [4.78, 5) is 4.51. The third-order valence-electron chi connectivity index (χ3n) is 4.01. The van der Waals surface area contributed by atoms with Gasteiger partial charge in [0.15, 0.2) is 0 Å². The van der Waals surface area contributed by atoms with E-state index in [4.69, 9.17) is 5.14 Å². The molecular formula is C17H18N2O2S. The summed E-state index contributed by atoms with van der Waals surface area (Å²) >= 11 is 0. The first-order chi connectivity index (χ1) is 10.4. The quantitative estimate of drug-likeness (QED) is 0.946. The molecule has 5 heteroatoms. The molecule has 22 heavy (non-hydrogen) atoms. The van der Waals surface area contributed by atoms with Crippen LogP contribution in [0.5, 0.6) is 0 Å². The average Bonchev–Trinajstić information content (AvgIpc) is 2.97. The van der Waals surface area contributed by atoms with Gasteiger partial charge in [0.05, 0.1) is 4.90 Å². The summed E-state index contributed by atoms with van der Waals surface area (Å²) in [5, 5.41) is 5.14. The van der Waals surface area contributed by atoms with Crippen LogP contribution in [-0.4, -0.2) is 13.4 Å². The predicted octanol–water partition coefficient (Wildman–Crippen LogP) is 3.13. The van der Waals surface area contributed by atoms with Crippen molar-refractivity contribution in [2.75, 3.05) is 0 Å². The molecule has 2 aromatic rings. The van der Waals surface area contributed by atoms with Crippen molar-refractivity contribution in [1.82, 2.24) is 4.98 Å². The van der Waals surface area contributed by atoms with Crippen LogP contribution in [0.25, 0.3) is 11.1 Å². The van der Waals surface area contributed by atoms with Crippen molar-refractivity contribution in [3.63, 3.8) is 0 Å². The highest BCUT2D eigenvalue weighted by Crippen LogP contribution is 2.39. The first-order valence-corrected chi connectivity index (χ1v) is 8.78. The maximum absolute atomic E-state index is 11.3. The molecule has 0 atom stereocenters. The maximum Gasteiger partial charge on any atom is 0.238 e. The van der Waals surface area contributed by atoms with Gasteiger partial charge in [0.2, 0.25) is 10.0 Å². The molecule has 4 nitrogen and oxygen atoms in total. The molecule has 1 aromatic heterocycles. The number of hydrogen-bond acceptors (Lipinski definition) is 3. The number of nitrogens with two attached hydrogens (primary N) is 1. The molecule has 1 aliphatic rings. The van der Waals surface area contributed by atoms with Crippen LogP contribution in [0.4, 0.5) is 0 Å². The topological polar surface area (TPSA) is 73.1 Å². The van der Waals surface area contributed by atoms with Crippen molar-refractivity contribution in [3.8, 4) is 0 Å². The van der Waals surface area contributed by atoms with Gasteiger partial charge in [-0.1, -0.05) is 18.2 Å². The van der Waals surface area contributed by atoms with Gasteiger partial charge in [-0.3, -0.25) is 4.98 Å². The smallest absolute Gasteiger partial charge is 0.238 e. The minimum Gasteiger partial charge on any atom is -0.261 e. The van der Waals surface area contributed by atoms with Crippen molar-refractivity contribution in [2.45, 2.75) is 31.1 Å². The van der Waals surface area contributed by atoms with E-state index in [9.17, 15) is 8.42 Å². The molecule has 2 N–H and O–H groups in total. The van der Waals surface area contributed by atoms with E-state index in [-0.39, 0.29) is 4.90 Å². The first-order valence-electron chi connectivity index (χ1n) is 7.23. The maximum atomic E-state index is 11.3. The molecule has 1 aromatic carbocycles. The molecular weight excluding hydrogens is 296 g/mol. The lowest BCUT2D eigenvalue weighted by atomic mass is 9.98. The summed E-state index contributed by atoms with van der Waals surface area (Å²) in [5.74, 6) is 0. The molecule has 1 aliphatic carbocycles. The second-order valence-corrected chi connectivity index (χ2v) is 7.13. The third-order valence-corrected chi connectivity index (χ3v) is 4.94. The number of rotatable bonds is 3. The Labute approximate surface area is 130 Å². The number of nitrogens with zero attached hydrogens (tertiary/aromatic N) is 1. The van der Waals surface area contributed by atoms with Gasteiger partial charge in [0, 0.05) is 11.9 Å². The molecule has 0 saturated heterocycles. The van der Waals surface area contributed by atoms with E-state index in [1.807, 2.05) is 31.3 Å². The molecule has 0 radical (unpaired) electrons. The number of pyridine rings is 1. The Morgan fingerprint density at radius 3 is 2.09 bits per heavy atom. The van der Waals surface area contributed by atoms with Crippen LogP contribution in [0.1, 0.15) is 36.1 Å². The fourth-order valence-electron chi connectivity index (χ4n) is 2.87. The van der Waals surface area contributed by atoms with Gasteiger partial charge in [-0.2, -0.15) is 0 Å². The third kappa shape index (κ3) is 2.96. The fraction of sp³-hybridized carbons (Fsp3) is 0.235. The van der Waals surface area contributed by atoms with E-state index in [0.717, 1.165) is 36.1 Å². The molecule has 0 aliphatic heterocycles. The Morgan fingerprint density at radius 2 is 1.55 bits per heavy atom. The summed E-state index contributed by atoms with van der Waals surface area (Å²) in [6.45, 7) is 1.97. The lowest BCUT2D eigenvalue weighted by molar-refractivity contribution is 0.598. The highest BCUT2D eigenvalue weighted by molar-refractivity contribution is 7.89. The zero-order valence-electron chi connectivity index (χ0n) is 12.4. The predicted molar refractivity (Wildman–Crippen MR) is 87.5 cm³/mol. The Kier molecular flexibility index (Phi) is 3.85. The van der Waals surface area contributed by atoms with Gasteiger partial charge in [0.1, 0.15) is 0 Å². The summed E-state index contributed by atoms with van der Waals surface area (Å²) in [6, 6.07) is 10.9. The normalized spacial score (nSPS) is 15.4. The first kappa shape index (κ1) is 14.9. The van der Waals surface area contributed by atoms with Crippen LogP contribution in [0.3, 0.4) is 0 Å².